The van der Waals surface area contributed by atoms with Gasteiger partial charge in [0.2, 0.25) is 5.91 Å². The van der Waals surface area contributed by atoms with E-state index in [1.54, 1.807) is 14.0 Å². The van der Waals surface area contributed by atoms with Crippen molar-refractivity contribution >= 4 is 11.7 Å². The van der Waals surface area contributed by atoms with E-state index in [1.165, 1.54) is 11.9 Å². The van der Waals surface area contributed by atoms with Crippen LogP contribution < -0.4 is 5.43 Å². The van der Waals surface area contributed by atoms with Gasteiger partial charge >= 0.3 is 17.1 Å². The standard InChI is InChI=1S/C12H17N2O2.C5H5.Fe/c1-9(15)8-12(11-6-4-5-7-11)13-14(3)10(2)16;1-2-4-5-3-1;/h4-7,12-13H,8H2,1-3H3;1-5H;/q;;+2. The molecule has 2 rings (SSSR count). The van der Waals surface area contributed by atoms with Crippen molar-refractivity contribution < 1.29 is 26.7 Å². The number of Topliss-reactive ketones (excluding diaryl/α,β-unsaturated/α-hetero) is 1. The van der Waals surface area contributed by atoms with Crippen molar-refractivity contribution in [2.45, 2.75) is 26.3 Å². The molecule has 0 saturated heterocycles. The number of carbonyl (C=O) groups excluding carboxylic acids is 2. The van der Waals surface area contributed by atoms with Gasteiger partial charge in [0, 0.05) is 32.4 Å². The SMILES string of the molecule is CC(=O)CC(NN(C)C(C)=O)[C]1[CH][CH][CH][CH]1.[CH]1[CH][CH][CH][CH]1.[Fe+2]. The van der Waals surface area contributed by atoms with Crippen molar-refractivity contribution in [2.75, 3.05) is 7.05 Å². The molecular weight excluding hydrogens is 320 g/mol. The van der Waals surface area contributed by atoms with Crippen LogP contribution in [0.25, 0.3) is 0 Å². The van der Waals surface area contributed by atoms with E-state index in [0.29, 0.717) is 6.42 Å². The number of nitrogens with zero attached hydrogens (tertiary/aromatic N) is 1. The molecule has 1 N–H and O–H groups in total. The summed E-state index contributed by atoms with van der Waals surface area (Å²) in [6, 6.07) is -0.138. The largest absolute Gasteiger partial charge is 2.00 e. The molecule has 10 radical (unpaired) electrons. The van der Waals surface area contributed by atoms with Gasteiger partial charge in [-0.05, 0) is 64.7 Å². The number of amides is 1. The Labute approximate surface area is 146 Å². The predicted molar refractivity (Wildman–Crippen MR) is 82.6 cm³/mol. The summed E-state index contributed by atoms with van der Waals surface area (Å²) in [7, 11) is 1.65. The molecule has 0 aromatic carbocycles. The molecule has 2 aliphatic carbocycles. The Hall–Kier alpha value is -0.381. The second-order valence-corrected chi connectivity index (χ2v) is 4.85. The second-order valence-electron chi connectivity index (χ2n) is 4.85. The number of carbonyl (C=O) groups is 2. The Kier molecular flexibility index (Phi) is 11.9. The van der Waals surface area contributed by atoms with Gasteiger partial charge in [0.05, 0.1) is 0 Å². The summed E-state index contributed by atoms with van der Waals surface area (Å²) >= 11 is 0. The zero-order valence-corrected chi connectivity index (χ0v) is 14.2. The first-order valence-corrected chi connectivity index (χ1v) is 6.89. The maximum atomic E-state index is 11.2. The number of nitrogens with one attached hydrogen (secondary N) is 1. The van der Waals surface area contributed by atoms with Crippen LogP contribution in [0.3, 0.4) is 0 Å². The zero-order chi connectivity index (χ0) is 15.7. The van der Waals surface area contributed by atoms with Crippen LogP contribution in [-0.2, 0) is 26.7 Å². The van der Waals surface area contributed by atoms with E-state index in [-0.39, 0.29) is 34.8 Å². The molecule has 22 heavy (non-hydrogen) atoms. The van der Waals surface area contributed by atoms with Crippen molar-refractivity contribution in [1.82, 2.24) is 10.4 Å². The van der Waals surface area contributed by atoms with Crippen molar-refractivity contribution in [3.8, 4) is 0 Å². The van der Waals surface area contributed by atoms with Gasteiger partial charge in [0.25, 0.3) is 0 Å². The average molecular weight is 342 g/mol. The number of hydrogen-bond acceptors (Lipinski definition) is 3. The Morgan fingerprint density at radius 3 is 1.82 bits per heavy atom. The summed E-state index contributed by atoms with van der Waals surface area (Å²) in [5.74, 6) is 1.03. The van der Waals surface area contributed by atoms with E-state index in [1.807, 2.05) is 57.8 Å². The third kappa shape index (κ3) is 8.92. The Morgan fingerprint density at radius 2 is 1.45 bits per heavy atom. The van der Waals surface area contributed by atoms with Gasteiger partial charge in [0.1, 0.15) is 5.78 Å². The number of hydrogen-bond donors (Lipinski definition) is 1. The molecule has 0 bridgehead atoms. The normalized spacial score (nSPS) is 18.9. The van der Waals surface area contributed by atoms with Crippen LogP contribution in [0, 0.1) is 63.7 Å². The summed E-state index contributed by atoms with van der Waals surface area (Å²) in [5.41, 5.74) is 3.01. The van der Waals surface area contributed by atoms with E-state index >= 15 is 0 Å². The van der Waals surface area contributed by atoms with E-state index in [0.717, 1.165) is 5.92 Å². The van der Waals surface area contributed by atoms with Gasteiger partial charge < -0.3 is 0 Å². The minimum atomic E-state index is -0.138. The molecule has 0 heterocycles. The third-order valence-electron chi connectivity index (χ3n) is 2.96. The summed E-state index contributed by atoms with van der Waals surface area (Å²) in [5, 5.41) is 1.40. The molecule has 0 aliphatic heterocycles. The average Bonchev–Trinajstić information content (AvgIpc) is 3.13. The molecule has 1 amide bonds. The van der Waals surface area contributed by atoms with Crippen molar-refractivity contribution in [2.24, 2.45) is 0 Å². The first kappa shape index (κ1) is 21.6. The predicted octanol–water partition coefficient (Wildman–Crippen LogP) is 1.74. The molecule has 0 aromatic heterocycles. The third-order valence-corrected chi connectivity index (χ3v) is 2.96. The molecule has 1 atom stereocenters. The smallest absolute Gasteiger partial charge is 0.300 e. The Morgan fingerprint density at radius 1 is 1.00 bits per heavy atom. The minimum absolute atomic E-state index is 0. The molecular formula is C17H22FeN2O2+2. The molecule has 4 nitrogen and oxygen atoms in total. The Balaban J connectivity index is 0.000000622. The van der Waals surface area contributed by atoms with Gasteiger partial charge in [-0.25, -0.2) is 5.43 Å². The van der Waals surface area contributed by atoms with Gasteiger partial charge in [0.15, 0.2) is 0 Å². The van der Waals surface area contributed by atoms with Crippen molar-refractivity contribution in [3.05, 3.63) is 63.7 Å². The Bertz CT molecular complexity index is 319. The summed E-state index contributed by atoms with van der Waals surface area (Å²) in [6.07, 6.45) is 18.1. The van der Waals surface area contributed by atoms with Crippen LogP contribution in [0.15, 0.2) is 0 Å². The van der Waals surface area contributed by atoms with E-state index in [2.05, 4.69) is 5.43 Å². The van der Waals surface area contributed by atoms with Crippen molar-refractivity contribution in [1.29, 1.82) is 0 Å². The number of rotatable bonds is 5. The van der Waals surface area contributed by atoms with Gasteiger partial charge in [-0.15, -0.1) is 0 Å². The molecule has 5 heteroatoms. The van der Waals surface area contributed by atoms with Crippen LogP contribution >= 0.6 is 0 Å². The first-order valence-electron chi connectivity index (χ1n) is 6.89. The van der Waals surface area contributed by atoms with Crippen LogP contribution in [0.1, 0.15) is 20.3 Å². The topological polar surface area (TPSA) is 49.4 Å². The van der Waals surface area contributed by atoms with Gasteiger partial charge in [-0.3, -0.25) is 14.6 Å². The van der Waals surface area contributed by atoms with Crippen LogP contribution in [-0.4, -0.2) is 29.8 Å². The first-order chi connectivity index (χ1) is 10.0. The fourth-order valence-corrected chi connectivity index (χ4v) is 1.79. The molecule has 2 aliphatic rings. The van der Waals surface area contributed by atoms with E-state index < -0.39 is 0 Å². The van der Waals surface area contributed by atoms with Crippen LogP contribution in [0.4, 0.5) is 0 Å². The minimum Gasteiger partial charge on any atom is -0.300 e. The van der Waals surface area contributed by atoms with Gasteiger partial charge in [-0.2, -0.15) is 0 Å². The summed E-state index contributed by atoms with van der Waals surface area (Å²) in [6.45, 7) is 3.02. The van der Waals surface area contributed by atoms with Crippen LogP contribution in [0.5, 0.6) is 0 Å². The maximum absolute atomic E-state index is 11.2. The molecule has 0 aromatic rings. The molecule has 1 unspecified atom stereocenters. The van der Waals surface area contributed by atoms with E-state index in [4.69, 9.17) is 0 Å². The van der Waals surface area contributed by atoms with Gasteiger partial charge in [-0.1, -0.05) is 0 Å². The quantitative estimate of drug-likeness (QED) is 0.612. The fraction of sp³-hybridized carbons (Fsp3) is 0.294. The molecule has 2 fully saturated rings. The van der Waals surface area contributed by atoms with E-state index in [9.17, 15) is 9.59 Å². The molecule has 0 spiro atoms. The molecule has 118 valence electrons. The fourth-order valence-electron chi connectivity index (χ4n) is 1.79. The number of ketones is 1. The van der Waals surface area contributed by atoms with Crippen LogP contribution in [0.2, 0.25) is 0 Å². The maximum Gasteiger partial charge on any atom is 2.00 e. The van der Waals surface area contributed by atoms with Crippen molar-refractivity contribution in [3.63, 3.8) is 0 Å². The number of hydrazine groups is 1. The summed E-state index contributed by atoms with van der Waals surface area (Å²) < 4.78 is 0. The zero-order valence-electron chi connectivity index (χ0n) is 13.1. The summed E-state index contributed by atoms with van der Waals surface area (Å²) in [4.78, 5) is 22.3. The molecule has 2 saturated carbocycles. The monoisotopic (exact) mass is 342 g/mol. The second kappa shape index (κ2) is 12.1.